The van der Waals surface area contributed by atoms with Crippen molar-refractivity contribution < 1.29 is 4.74 Å². The van der Waals surface area contributed by atoms with Crippen molar-refractivity contribution in [2.75, 3.05) is 13.2 Å². The summed E-state index contributed by atoms with van der Waals surface area (Å²) in [4.78, 5) is 2.43. The van der Waals surface area contributed by atoms with Crippen LogP contribution in [0.1, 0.15) is 38.8 Å². The van der Waals surface area contributed by atoms with Gasteiger partial charge in [-0.2, -0.15) is 0 Å². The van der Waals surface area contributed by atoms with Crippen LogP contribution in [0.2, 0.25) is 0 Å². The fourth-order valence-corrected chi connectivity index (χ4v) is 2.37. The molecule has 0 unspecified atom stereocenters. The van der Waals surface area contributed by atoms with Gasteiger partial charge in [0.1, 0.15) is 12.4 Å². The highest BCUT2D eigenvalue weighted by Gasteiger charge is 2.12. The lowest BCUT2D eigenvalue weighted by Crippen LogP contribution is -2.39. The second kappa shape index (κ2) is 7.51. The smallest absolute Gasteiger partial charge is 0.119 e. The molecule has 0 heterocycles. The van der Waals surface area contributed by atoms with Crippen LogP contribution in [-0.4, -0.2) is 30.1 Å². The van der Waals surface area contributed by atoms with E-state index in [1.54, 1.807) is 0 Å². The first-order valence-corrected chi connectivity index (χ1v) is 7.13. The Kier molecular flexibility index (Phi) is 6.32. The third kappa shape index (κ3) is 4.84. The molecule has 0 atom stereocenters. The summed E-state index contributed by atoms with van der Waals surface area (Å²) in [7, 11) is 0. The molecule has 0 aliphatic heterocycles. The van der Waals surface area contributed by atoms with Gasteiger partial charge in [-0.25, -0.2) is 0 Å². The summed E-state index contributed by atoms with van der Waals surface area (Å²) >= 11 is 0. The molecule has 1 aromatic carbocycles. The molecule has 0 fully saturated rings. The fourth-order valence-electron chi connectivity index (χ4n) is 2.37. The first kappa shape index (κ1) is 16.0. The highest BCUT2D eigenvalue weighted by molar-refractivity contribution is 5.34. The van der Waals surface area contributed by atoms with Gasteiger partial charge in [-0.15, -0.1) is 0 Å². The highest BCUT2D eigenvalue weighted by atomic mass is 16.5. The van der Waals surface area contributed by atoms with Crippen LogP contribution in [0.25, 0.3) is 0 Å². The van der Waals surface area contributed by atoms with Crippen molar-refractivity contribution in [1.29, 1.82) is 0 Å². The minimum absolute atomic E-state index is 0.546. The highest BCUT2D eigenvalue weighted by Crippen LogP contribution is 2.17. The van der Waals surface area contributed by atoms with Gasteiger partial charge in [-0.3, -0.25) is 4.90 Å². The standard InChI is InChI=1S/C16H28N2O/c1-12(2)18(13(3)4)8-9-19-16-7-6-15(11-17)14(5)10-16/h6-7,10,12-13H,8-9,11,17H2,1-5H3. The van der Waals surface area contributed by atoms with Crippen LogP contribution in [0.3, 0.4) is 0 Å². The van der Waals surface area contributed by atoms with E-state index in [2.05, 4.69) is 45.6 Å². The number of hydrogen-bond acceptors (Lipinski definition) is 3. The minimum atomic E-state index is 0.546. The number of ether oxygens (including phenoxy) is 1. The second-order valence-corrected chi connectivity index (χ2v) is 5.57. The number of rotatable bonds is 7. The third-order valence-electron chi connectivity index (χ3n) is 3.48. The maximum atomic E-state index is 5.83. The topological polar surface area (TPSA) is 38.5 Å². The largest absolute Gasteiger partial charge is 0.492 e. The predicted octanol–water partition coefficient (Wildman–Crippen LogP) is 2.95. The van der Waals surface area contributed by atoms with Gasteiger partial charge in [0.05, 0.1) is 0 Å². The zero-order valence-corrected chi connectivity index (χ0v) is 12.9. The Bertz CT molecular complexity index is 380. The van der Waals surface area contributed by atoms with Gasteiger partial charge in [0.15, 0.2) is 0 Å². The quantitative estimate of drug-likeness (QED) is 0.823. The molecular weight excluding hydrogens is 236 g/mol. The first-order chi connectivity index (χ1) is 8.95. The first-order valence-electron chi connectivity index (χ1n) is 7.13. The summed E-state index contributed by atoms with van der Waals surface area (Å²) in [6, 6.07) is 7.21. The van der Waals surface area contributed by atoms with E-state index in [4.69, 9.17) is 10.5 Å². The van der Waals surface area contributed by atoms with E-state index in [1.807, 2.05) is 12.1 Å². The van der Waals surface area contributed by atoms with E-state index >= 15 is 0 Å². The lowest BCUT2D eigenvalue weighted by atomic mass is 10.1. The molecule has 3 heteroatoms. The molecule has 1 aromatic rings. The van der Waals surface area contributed by atoms with Crippen molar-refractivity contribution in [3.05, 3.63) is 29.3 Å². The van der Waals surface area contributed by atoms with E-state index < -0.39 is 0 Å². The molecule has 0 saturated carbocycles. The predicted molar refractivity (Wildman–Crippen MR) is 81.5 cm³/mol. The molecule has 19 heavy (non-hydrogen) atoms. The zero-order chi connectivity index (χ0) is 14.4. The van der Waals surface area contributed by atoms with Gasteiger partial charge in [0.25, 0.3) is 0 Å². The van der Waals surface area contributed by atoms with Gasteiger partial charge < -0.3 is 10.5 Å². The molecule has 0 aliphatic carbocycles. The van der Waals surface area contributed by atoms with E-state index in [1.165, 1.54) is 11.1 Å². The average Bonchev–Trinajstić information content (AvgIpc) is 2.33. The van der Waals surface area contributed by atoms with Crippen molar-refractivity contribution in [1.82, 2.24) is 4.90 Å². The summed E-state index contributed by atoms with van der Waals surface area (Å²) in [5.74, 6) is 0.933. The zero-order valence-electron chi connectivity index (χ0n) is 12.9. The molecule has 1 rings (SSSR count). The molecule has 0 saturated heterocycles. The second-order valence-electron chi connectivity index (χ2n) is 5.57. The van der Waals surface area contributed by atoms with Crippen LogP contribution in [0.5, 0.6) is 5.75 Å². The van der Waals surface area contributed by atoms with Crippen LogP contribution in [0.15, 0.2) is 18.2 Å². The van der Waals surface area contributed by atoms with Crippen LogP contribution < -0.4 is 10.5 Å². The third-order valence-corrected chi connectivity index (χ3v) is 3.48. The summed E-state index contributed by atoms with van der Waals surface area (Å²) in [6.07, 6.45) is 0. The Labute approximate surface area is 117 Å². The summed E-state index contributed by atoms with van der Waals surface area (Å²) in [5, 5.41) is 0. The molecule has 3 nitrogen and oxygen atoms in total. The SMILES string of the molecule is Cc1cc(OCCN(C(C)C)C(C)C)ccc1CN. The Balaban J connectivity index is 2.51. The number of nitrogens with zero attached hydrogens (tertiary/aromatic N) is 1. The Hall–Kier alpha value is -1.06. The summed E-state index contributed by atoms with van der Waals surface area (Å²) in [5.41, 5.74) is 8.04. The van der Waals surface area contributed by atoms with E-state index in [0.717, 1.165) is 18.9 Å². The molecular formula is C16H28N2O. The molecule has 0 spiro atoms. The Morgan fingerprint density at radius 1 is 1.16 bits per heavy atom. The molecule has 0 aromatic heterocycles. The molecule has 0 radical (unpaired) electrons. The number of benzene rings is 1. The van der Waals surface area contributed by atoms with Crippen molar-refractivity contribution in [3.8, 4) is 5.75 Å². The van der Waals surface area contributed by atoms with Crippen LogP contribution in [-0.2, 0) is 6.54 Å². The molecule has 2 N–H and O–H groups in total. The van der Waals surface area contributed by atoms with Gasteiger partial charge in [-0.05, 0) is 57.9 Å². The van der Waals surface area contributed by atoms with E-state index in [0.29, 0.717) is 18.6 Å². The summed E-state index contributed by atoms with van der Waals surface area (Å²) in [6.45, 7) is 13.2. The molecule has 108 valence electrons. The normalized spacial score (nSPS) is 11.6. The Morgan fingerprint density at radius 2 is 1.79 bits per heavy atom. The molecule has 0 bridgehead atoms. The van der Waals surface area contributed by atoms with E-state index in [9.17, 15) is 0 Å². The molecule has 0 amide bonds. The number of aryl methyl sites for hydroxylation is 1. The Morgan fingerprint density at radius 3 is 2.26 bits per heavy atom. The number of nitrogens with two attached hydrogens (primary N) is 1. The van der Waals surface area contributed by atoms with Crippen LogP contribution in [0, 0.1) is 6.92 Å². The van der Waals surface area contributed by atoms with Crippen molar-refractivity contribution in [3.63, 3.8) is 0 Å². The van der Waals surface area contributed by atoms with Gasteiger partial charge >= 0.3 is 0 Å². The van der Waals surface area contributed by atoms with Crippen LogP contribution >= 0.6 is 0 Å². The van der Waals surface area contributed by atoms with Crippen LogP contribution in [0.4, 0.5) is 0 Å². The average molecular weight is 264 g/mol. The lowest BCUT2D eigenvalue weighted by molar-refractivity contribution is 0.142. The summed E-state index contributed by atoms with van der Waals surface area (Å²) < 4.78 is 5.83. The van der Waals surface area contributed by atoms with E-state index in [-0.39, 0.29) is 0 Å². The minimum Gasteiger partial charge on any atom is -0.492 e. The van der Waals surface area contributed by atoms with Gasteiger partial charge in [0, 0.05) is 25.2 Å². The van der Waals surface area contributed by atoms with Crippen molar-refractivity contribution in [2.45, 2.75) is 53.2 Å². The lowest BCUT2D eigenvalue weighted by Gasteiger charge is -2.30. The van der Waals surface area contributed by atoms with Gasteiger partial charge in [0.2, 0.25) is 0 Å². The molecule has 0 aliphatic rings. The maximum absolute atomic E-state index is 5.83. The number of hydrogen-bond donors (Lipinski definition) is 1. The monoisotopic (exact) mass is 264 g/mol. The van der Waals surface area contributed by atoms with Crippen molar-refractivity contribution >= 4 is 0 Å². The maximum Gasteiger partial charge on any atom is 0.119 e. The van der Waals surface area contributed by atoms with Gasteiger partial charge in [-0.1, -0.05) is 6.07 Å². The fraction of sp³-hybridized carbons (Fsp3) is 0.625. The van der Waals surface area contributed by atoms with Crippen molar-refractivity contribution in [2.24, 2.45) is 5.73 Å².